The lowest BCUT2D eigenvalue weighted by Crippen LogP contribution is -2.34. The van der Waals surface area contributed by atoms with Gasteiger partial charge in [0.15, 0.2) is 5.79 Å². The monoisotopic (exact) mass is 210 g/mol. The van der Waals surface area contributed by atoms with Gasteiger partial charge in [0.05, 0.1) is 13.7 Å². The molecule has 1 aromatic carbocycles. The standard InChI is InChI=1S/C11H14O4/c1-11(13)5-7-3-8(14-2)4-10(12)9(7)6-15-11/h3-4,12-13H,5-6H2,1-2H3. The largest absolute Gasteiger partial charge is 0.507 e. The summed E-state index contributed by atoms with van der Waals surface area (Å²) in [5.41, 5.74) is 1.59. The summed E-state index contributed by atoms with van der Waals surface area (Å²) < 4.78 is 10.2. The van der Waals surface area contributed by atoms with E-state index < -0.39 is 5.79 Å². The first-order valence-electron chi connectivity index (χ1n) is 4.77. The molecule has 0 amide bonds. The molecule has 0 spiro atoms. The molecule has 0 aliphatic carbocycles. The number of methoxy groups -OCH3 is 1. The van der Waals surface area contributed by atoms with Gasteiger partial charge in [-0.25, -0.2) is 0 Å². The second-order valence-electron chi connectivity index (χ2n) is 3.92. The fraction of sp³-hybridized carbons (Fsp3) is 0.455. The van der Waals surface area contributed by atoms with Crippen LogP contribution in [0.2, 0.25) is 0 Å². The van der Waals surface area contributed by atoms with Crippen molar-refractivity contribution in [1.82, 2.24) is 0 Å². The van der Waals surface area contributed by atoms with Gasteiger partial charge in [-0.05, 0) is 18.6 Å². The lowest BCUT2D eigenvalue weighted by molar-refractivity contribution is -0.204. The lowest BCUT2D eigenvalue weighted by Gasteiger charge is -2.30. The van der Waals surface area contributed by atoms with E-state index in [1.165, 1.54) is 0 Å². The number of phenols is 1. The Bertz CT molecular complexity index is 384. The van der Waals surface area contributed by atoms with Gasteiger partial charge >= 0.3 is 0 Å². The van der Waals surface area contributed by atoms with Gasteiger partial charge in [0, 0.05) is 18.1 Å². The topological polar surface area (TPSA) is 58.9 Å². The maximum absolute atomic E-state index is 9.73. The van der Waals surface area contributed by atoms with Gasteiger partial charge in [-0.2, -0.15) is 0 Å². The first kappa shape index (κ1) is 10.3. The molecule has 0 aromatic heterocycles. The van der Waals surface area contributed by atoms with Gasteiger partial charge in [-0.1, -0.05) is 0 Å². The molecule has 2 rings (SSSR count). The quantitative estimate of drug-likeness (QED) is 0.730. The zero-order valence-corrected chi connectivity index (χ0v) is 8.78. The summed E-state index contributed by atoms with van der Waals surface area (Å²) in [7, 11) is 1.54. The summed E-state index contributed by atoms with van der Waals surface area (Å²) in [5, 5.41) is 19.4. The summed E-state index contributed by atoms with van der Waals surface area (Å²) in [4.78, 5) is 0. The molecule has 0 fully saturated rings. The fourth-order valence-corrected chi connectivity index (χ4v) is 1.76. The van der Waals surface area contributed by atoms with Crippen LogP contribution in [0.1, 0.15) is 18.1 Å². The fourth-order valence-electron chi connectivity index (χ4n) is 1.76. The number of aromatic hydroxyl groups is 1. The van der Waals surface area contributed by atoms with E-state index in [0.29, 0.717) is 12.2 Å². The van der Waals surface area contributed by atoms with Crippen LogP contribution in [-0.2, 0) is 17.8 Å². The number of rotatable bonds is 1. The van der Waals surface area contributed by atoms with E-state index in [-0.39, 0.29) is 12.4 Å². The average molecular weight is 210 g/mol. The Hall–Kier alpha value is -1.26. The molecule has 1 aliphatic heterocycles. The zero-order valence-electron chi connectivity index (χ0n) is 8.78. The number of phenolic OH excluding ortho intramolecular Hbond substituents is 1. The second kappa shape index (κ2) is 3.40. The highest BCUT2D eigenvalue weighted by molar-refractivity contribution is 5.46. The van der Waals surface area contributed by atoms with Crippen molar-refractivity contribution < 1.29 is 19.7 Å². The average Bonchev–Trinajstić information content (AvgIpc) is 2.15. The van der Waals surface area contributed by atoms with Crippen LogP contribution in [0.4, 0.5) is 0 Å². The van der Waals surface area contributed by atoms with Gasteiger partial charge < -0.3 is 19.7 Å². The van der Waals surface area contributed by atoms with Gasteiger partial charge in [0.1, 0.15) is 11.5 Å². The summed E-state index contributed by atoms with van der Waals surface area (Å²) in [6, 6.07) is 3.36. The molecule has 0 bridgehead atoms. The maximum atomic E-state index is 9.73. The first-order chi connectivity index (χ1) is 7.02. The van der Waals surface area contributed by atoms with Crippen LogP contribution in [0.5, 0.6) is 11.5 Å². The molecule has 0 saturated heterocycles. The van der Waals surface area contributed by atoms with E-state index in [4.69, 9.17) is 9.47 Å². The van der Waals surface area contributed by atoms with Crippen molar-refractivity contribution in [2.24, 2.45) is 0 Å². The smallest absolute Gasteiger partial charge is 0.167 e. The highest BCUT2D eigenvalue weighted by atomic mass is 16.6. The minimum absolute atomic E-state index is 0.153. The molecule has 0 saturated carbocycles. The molecule has 82 valence electrons. The molecule has 1 aliphatic rings. The number of hydrogen-bond acceptors (Lipinski definition) is 4. The Kier molecular flexibility index (Phi) is 2.32. The van der Waals surface area contributed by atoms with Crippen LogP contribution >= 0.6 is 0 Å². The molecule has 1 heterocycles. The Labute approximate surface area is 88.1 Å². The Morgan fingerprint density at radius 1 is 1.47 bits per heavy atom. The van der Waals surface area contributed by atoms with Crippen LogP contribution < -0.4 is 4.74 Å². The molecule has 2 N–H and O–H groups in total. The van der Waals surface area contributed by atoms with Crippen LogP contribution in [0.15, 0.2) is 12.1 Å². The zero-order chi connectivity index (χ0) is 11.1. The van der Waals surface area contributed by atoms with E-state index in [1.54, 1.807) is 20.1 Å². The van der Waals surface area contributed by atoms with E-state index in [2.05, 4.69) is 0 Å². The minimum Gasteiger partial charge on any atom is -0.507 e. The lowest BCUT2D eigenvalue weighted by atomic mass is 9.96. The highest BCUT2D eigenvalue weighted by Crippen LogP contribution is 2.35. The van der Waals surface area contributed by atoms with Crippen molar-refractivity contribution in [3.8, 4) is 11.5 Å². The van der Waals surface area contributed by atoms with Crippen molar-refractivity contribution in [1.29, 1.82) is 0 Å². The molecule has 1 aromatic rings. The van der Waals surface area contributed by atoms with Crippen molar-refractivity contribution in [3.63, 3.8) is 0 Å². The van der Waals surface area contributed by atoms with E-state index in [9.17, 15) is 10.2 Å². The van der Waals surface area contributed by atoms with Crippen molar-refractivity contribution in [2.45, 2.75) is 25.7 Å². The van der Waals surface area contributed by atoms with Crippen LogP contribution in [0, 0.1) is 0 Å². The predicted octanol–water partition coefficient (Wildman–Crippen LogP) is 1.18. The number of aliphatic hydroxyl groups is 1. The molecule has 15 heavy (non-hydrogen) atoms. The number of hydrogen-bond donors (Lipinski definition) is 2. The summed E-state index contributed by atoms with van der Waals surface area (Å²) >= 11 is 0. The first-order valence-corrected chi connectivity index (χ1v) is 4.77. The molecular formula is C11H14O4. The number of ether oxygens (including phenoxy) is 2. The van der Waals surface area contributed by atoms with Gasteiger partial charge in [0.25, 0.3) is 0 Å². The third kappa shape index (κ3) is 1.91. The molecule has 4 heteroatoms. The van der Waals surface area contributed by atoms with E-state index >= 15 is 0 Å². The number of fused-ring (bicyclic) bond motifs is 1. The number of benzene rings is 1. The molecule has 1 unspecified atom stereocenters. The summed E-state index contributed by atoms with van der Waals surface area (Å²) in [6.45, 7) is 1.82. The molecule has 4 nitrogen and oxygen atoms in total. The van der Waals surface area contributed by atoms with Gasteiger partial charge in [-0.3, -0.25) is 0 Å². The Balaban J connectivity index is 2.44. The van der Waals surface area contributed by atoms with Crippen LogP contribution in [0.3, 0.4) is 0 Å². The molecular weight excluding hydrogens is 196 g/mol. The molecule has 0 radical (unpaired) electrons. The Morgan fingerprint density at radius 2 is 2.20 bits per heavy atom. The summed E-state index contributed by atoms with van der Waals surface area (Å²) in [6.07, 6.45) is 0.354. The van der Waals surface area contributed by atoms with Crippen LogP contribution in [-0.4, -0.2) is 23.1 Å². The highest BCUT2D eigenvalue weighted by Gasteiger charge is 2.29. The van der Waals surface area contributed by atoms with E-state index in [1.807, 2.05) is 6.07 Å². The third-order valence-corrected chi connectivity index (χ3v) is 2.57. The van der Waals surface area contributed by atoms with Crippen molar-refractivity contribution >= 4 is 0 Å². The maximum Gasteiger partial charge on any atom is 0.167 e. The van der Waals surface area contributed by atoms with Crippen molar-refractivity contribution in [2.75, 3.05) is 7.11 Å². The van der Waals surface area contributed by atoms with E-state index in [0.717, 1.165) is 11.1 Å². The second-order valence-corrected chi connectivity index (χ2v) is 3.92. The van der Waals surface area contributed by atoms with Gasteiger partial charge in [0.2, 0.25) is 0 Å². The SMILES string of the molecule is COc1cc(O)c2c(c1)CC(C)(O)OC2. The van der Waals surface area contributed by atoms with Crippen LogP contribution in [0.25, 0.3) is 0 Å². The Morgan fingerprint density at radius 3 is 2.87 bits per heavy atom. The van der Waals surface area contributed by atoms with Crippen molar-refractivity contribution in [3.05, 3.63) is 23.3 Å². The summed E-state index contributed by atoms with van der Waals surface area (Å²) in [5.74, 6) is -0.421. The normalized spacial score (nSPS) is 24.7. The predicted molar refractivity (Wildman–Crippen MR) is 53.8 cm³/mol. The van der Waals surface area contributed by atoms with Gasteiger partial charge in [-0.15, -0.1) is 0 Å². The molecule has 1 atom stereocenters. The minimum atomic E-state index is -1.16. The third-order valence-electron chi connectivity index (χ3n) is 2.57.